The van der Waals surface area contributed by atoms with Gasteiger partial charge in [-0.2, -0.15) is 5.10 Å². The van der Waals surface area contributed by atoms with Gasteiger partial charge in [-0.05, 0) is 43.4 Å². The van der Waals surface area contributed by atoms with E-state index in [0.29, 0.717) is 6.42 Å². The topological polar surface area (TPSA) is 86.9 Å². The molecular formula is C16H18N4O2. The fraction of sp³-hybridized carbons (Fsp3) is 0.312. The Kier molecular flexibility index (Phi) is 3.91. The van der Waals surface area contributed by atoms with Crippen LogP contribution in [-0.2, 0) is 12.8 Å². The number of nitrogens with zero attached hydrogens (tertiary/aromatic N) is 1. The van der Waals surface area contributed by atoms with Gasteiger partial charge in [0.25, 0.3) is 5.56 Å². The van der Waals surface area contributed by atoms with Crippen molar-refractivity contribution in [2.45, 2.75) is 32.2 Å². The predicted molar refractivity (Wildman–Crippen MR) is 84.0 cm³/mol. The number of carbonyl (C=O) groups is 1. The summed E-state index contributed by atoms with van der Waals surface area (Å²) in [4.78, 5) is 23.4. The fourth-order valence-corrected chi connectivity index (χ4v) is 2.72. The second-order valence-corrected chi connectivity index (χ2v) is 5.56. The maximum absolute atomic E-state index is 12.1. The first-order valence-corrected chi connectivity index (χ1v) is 7.32. The van der Waals surface area contributed by atoms with Crippen LogP contribution in [0.1, 0.15) is 23.2 Å². The molecule has 2 aromatic rings. The van der Waals surface area contributed by atoms with Crippen LogP contribution in [0.15, 0.2) is 35.1 Å². The van der Waals surface area contributed by atoms with Crippen LogP contribution in [-0.4, -0.2) is 22.3 Å². The zero-order valence-electron chi connectivity index (χ0n) is 12.3. The van der Waals surface area contributed by atoms with Gasteiger partial charge >= 0.3 is 6.03 Å². The van der Waals surface area contributed by atoms with Gasteiger partial charge < -0.3 is 10.6 Å². The molecule has 6 heteroatoms. The summed E-state index contributed by atoms with van der Waals surface area (Å²) < 4.78 is 0. The SMILES string of the molecule is Cc1ccccc1NC(=O)NC1CCc2n[nH]c(=O)cc2C1. The summed E-state index contributed by atoms with van der Waals surface area (Å²) in [5.41, 5.74) is 3.44. The largest absolute Gasteiger partial charge is 0.335 e. The molecule has 6 nitrogen and oxygen atoms in total. The zero-order valence-corrected chi connectivity index (χ0v) is 12.3. The molecule has 0 radical (unpaired) electrons. The minimum Gasteiger partial charge on any atom is -0.335 e. The van der Waals surface area contributed by atoms with Gasteiger partial charge in [0.05, 0.1) is 5.69 Å². The molecule has 1 atom stereocenters. The van der Waals surface area contributed by atoms with Crippen LogP contribution in [0, 0.1) is 6.92 Å². The minimum absolute atomic E-state index is 0.0140. The van der Waals surface area contributed by atoms with Gasteiger partial charge in [-0.3, -0.25) is 4.79 Å². The molecule has 22 heavy (non-hydrogen) atoms. The summed E-state index contributed by atoms with van der Waals surface area (Å²) in [7, 11) is 0. The van der Waals surface area contributed by atoms with Gasteiger partial charge in [-0.15, -0.1) is 0 Å². The molecule has 0 aliphatic heterocycles. The smallest absolute Gasteiger partial charge is 0.319 e. The molecule has 3 rings (SSSR count). The van der Waals surface area contributed by atoms with Gasteiger partial charge in [-0.25, -0.2) is 9.89 Å². The second-order valence-electron chi connectivity index (χ2n) is 5.56. The van der Waals surface area contributed by atoms with E-state index in [2.05, 4.69) is 20.8 Å². The van der Waals surface area contributed by atoms with Crippen molar-refractivity contribution in [1.82, 2.24) is 15.5 Å². The van der Waals surface area contributed by atoms with Crippen LogP contribution in [0.2, 0.25) is 0 Å². The molecule has 1 aromatic heterocycles. The number of amides is 2. The van der Waals surface area contributed by atoms with E-state index in [1.165, 1.54) is 0 Å². The van der Waals surface area contributed by atoms with Crippen molar-refractivity contribution in [3.63, 3.8) is 0 Å². The van der Waals surface area contributed by atoms with Gasteiger partial charge in [0.2, 0.25) is 0 Å². The minimum atomic E-state index is -0.222. The molecule has 1 aliphatic carbocycles. The van der Waals surface area contributed by atoms with E-state index in [0.717, 1.165) is 35.3 Å². The Labute approximate surface area is 128 Å². The number of anilines is 1. The molecular weight excluding hydrogens is 280 g/mol. The van der Waals surface area contributed by atoms with E-state index in [1.54, 1.807) is 6.07 Å². The molecule has 0 saturated heterocycles. The average molecular weight is 298 g/mol. The molecule has 1 aliphatic rings. The van der Waals surface area contributed by atoms with Gasteiger partial charge in [-0.1, -0.05) is 18.2 Å². The van der Waals surface area contributed by atoms with Crippen LogP contribution in [0.4, 0.5) is 10.5 Å². The standard InChI is InChI=1S/C16H18N4O2/c1-10-4-2-3-5-13(10)18-16(22)17-12-6-7-14-11(8-12)9-15(21)20-19-14/h2-5,9,12H,6-8H2,1H3,(H,20,21)(H2,17,18,22). The Balaban J connectivity index is 1.63. The number of benzene rings is 1. The van der Waals surface area contributed by atoms with E-state index >= 15 is 0 Å². The molecule has 114 valence electrons. The van der Waals surface area contributed by atoms with Crippen molar-refractivity contribution in [3.05, 3.63) is 57.5 Å². The van der Waals surface area contributed by atoms with Crippen molar-refractivity contribution in [1.29, 1.82) is 0 Å². The summed E-state index contributed by atoms with van der Waals surface area (Å²) in [6.07, 6.45) is 2.20. The third kappa shape index (κ3) is 3.16. The highest BCUT2D eigenvalue weighted by molar-refractivity contribution is 5.90. The normalized spacial score (nSPS) is 16.7. The van der Waals surface area contributed by atoms with E-state index in [9.17, 15) is 9.59 Å². The molecule has 0 saturated carbocycles. The average Bonchev–Trinajstić information content (AvgIpc) is 2.49. The lowest BCUT2D eigenvalue weighted by Gasteiger charge is -2.24. The molecule has 1 heterocycles. The monoisotopic (exact) mass is 298 g/mol. The van der Waals surface area contributed by atoms with Crippen LogP contribution in [0.25, 0.3) is 0 Å². The number of aryl methyl sites for hydroxylation is 2. The lowest BCUT2D eigenvalue weighted by Crippen LogP contribution is -2.41. The summed E-state index contributed by atoms with van der Waals surface area (Å²) in [5.74, 6) is 0. The molecule has 1 unspecified atom stereocenters. The predicted octanol–water partition coefficient (Wildman–Crippen LogP) is 1.76. The zero-order chi connectivity index (χ0) is 15.5. The highest BCUT2D eigenvalue weighted by Crippen LogP contribution is 2.18. The summed E-state index contributed by atoms with van der Waals surface area (Å²) in [6, 6.07) is 8.99. The first kappa shape index (κ1) is 14.3. The number of rotatable bonds is 2. The maximum Gasteiger partial charge on any atom is 0.319 e. The fourth-order valence-electron chi connectivity index (χ4n) is 2.72. The van der Waals surface area contributed by atoms with Crippen molar-refractivity contribution in [2.24, 2.45) is 0 Å². The number of aromatic amines is 1. The Bertz CT molecular complexity index is 754. The molecule has 0 spiro atoms. The summed E-state index contributed by atoms with van der Waals surface area (Å²) in [5, 5.41) is 12.3. The van der Waals surface area contributed by atoms with Crippen LogP contribution in [0.3, 0.4) is 0 Å². The Hall–Kier alpha value is -2.63. The number of hydrogen-bond donors (Lipinski definition) is 3. The summed E-state index contributed by atoms with van der Waals surface area (Å²) in [6.45, 7) is 1.95. The van der Waals surface area contributed by atoms with Crippen molar-refractivity contribution >= 4 is 11.7 Å². The van der Waals surface area contributed by atoms with Crippen LogP contribution in [0.5, 0.6) is 0 Å². The highest BCUT2D eigenvalue weighted by Gasteiger charge is 2.21. The first-order chi connectivity index (χ1) is 10.6. The first-order valence-electron chi connectivity index (χ1n) is 7.32. The number of H-pyrrole nitrogens is 1. The van der Waals surface area contributed by atoms with Crippen molar-refractivity contribution in [3.8, 4) is 0 Å². The van der Waals surface area contributed by atoms with E-state index in [1.807, 2.05) is 31.2 Å². The lowest BCUT2D eigenvalue weighted by atomic mass is 9.92. The third-order valence-electron chi connectivity index (χ3n) is 3.90. The second kappa shape index (κ2) is 6.01. The quantitative estimate of drug-likeness (QED) is 0.789. The van der Waals surface area contributed by atoms with Crippen LogP contribution >= 0.6 is 0 Å². The van der Waals surface area contributed by atoms with Crippen LogP contribution < -0.4 is 16.2 Å². The molecule has 0 fully saturated rings. The third-order valence-corrected chi connectivity index (χ3v) is 3.90. The van der Waals surface area contributed by atoms with E-state index in [-0.39, 0.29) is 17.6 Å². The number of fused-ring (bicyclic) bond motifs is 1. The summed E-state index contributed by atoms with van der Waals surface area (Å²) >= 11 is 0. The maximum atomic E-state index is 12.1. The molecule has 0 bridgehead atoms. The number of urea groups is 1. The van der Waals surface area contributed by atoms with Gasteiger partial charge in [0.15, 0.2) is 0 Å². The number of aromatic nitrogens is 2. The number of carbonyl (C=O) groups excluding carboxylic acids is 1. The van der Waals surface area contributed by atoms with Crippen molar-refractivity contribution < 1.29 is 4.79 Å². The number of hydrogen-bond acceptors (Lipinski definition) is 3. The number of nitrogens with one attached hydrogen (secondary N) is 3. The Morgan fingerprint density at radius 3 is 3.00 bits per heavy atom. The van der Waals surface area contributed by atoms with Gasteiger partial charge in [0.1, 0.15) is 0 Å². The molecule has 2 amide bonds. The van der Waals surface area contributed by atoms with E-state index in [4.69, 9.17) is 0 Å². The van der Waals surface area contributed by atoms with Crippen molar-refractivity contribution in [2.75, 3.05) is 5.32 Å². The van der Waals surface area contributed by atoms with E-state index < -0.39 is 0 Å². The highest BCUT2D eigenvalue weighted by atomic mass is 16.2. The van der Waals surface area contributed by atoms with Gasteiger partial charge in [0, 0.05) is 17.8 Å². The lowest BCUT2D eigenvalue weighted by molar-refractivity contribution is 0.247. The number of para-hydroxylation sites is 1. The molecule has 3 N–H and O–H groups in total. The Morgan fingerprint density at radius 2 is 2.18 bits per heavy atom. The Morgan fingerprint density at radius 1 is 1.36 bits per heavy atom. The molecule has 1 aromatic carbocycles.